The number of carbonyl (C=O) groups is 1. The zero-order valence-corrected chi connectivity index (χ0v) is 44.3. The van der Waals surface area contributed by atoms with E-state index in [2.05, 4.69) is 20.2 Å². The Labute approximate surface area is 420 Å². The maximum absolute atomic E-state index is 14.5. The van der Waals surface area contributed by atoms with E-state index in [0.29, 0.717) is 39.1 Å². The first-order valence-electron chi connectivity index (χ1n) is 25.5. The standard InChI is InChI=1S/C52H84N6O13/c1-14-41-52(10,64)45(60)34(6)57(12)28-30(2)26-50(8,63)47(32(4)44(33(5)48(62)69-41)70-42-27-51(9,65-13)46(61)35(7)68-42)71-49-43(59)40(24-31(3)67-49)56(11)21-19-37-29-58(55-54-37)22-23-66-38-17-18-39-36(25-38)16-15-20-53-39/h15-18,20,25,29-35,40-47,49,59-61,63-64H,14,19,21-24,26-28H2,1-13H3/t30-,31-,32+,33-,34-,35+,40+,41-,42+,43-,44+,45-,46+,47-,49+,50-,51-,52-/m1/s1. The van der Waals surface area contributed by atoms with Crippen molar-refractivity contribution in [2.75, 3.05) is 40.9 Å². The first-order chi connectivity index (χ1) is 33.4. The molecule has 0 amide bonds. The van der Waals surface area contributed by atoms with Crippen LogP contribution in [0.2, 0.25) is 0 Å². The molecule has 2 aromatic heterocycles. The van der Waals surface area contributed by atoms with Crippen LogP contribution in [0.4, 0.5) is 0 Å². The summed E-state index contributed by atoms with van der Waals surface area (Å²) in [4.78, 5) is 22.8. The molecule has 5 heterocycles. The Bertz CT molecular complexity index is 2160. The molecule has 3 saturated heterocycles. The Morgan fingerprint density at radius 1 is 0.972 bits per heavy atom. The number of rotatable bonds is 14. The van der Waals surface area contributed by atoms with Crippen molar-refractivity contribution in [2.45, 2.75) is 198 Å². The number of benzene rings is 1. The molecule has 1 aromatic carbocycles. The summed E-state index contributed by atoms with van der Waals surface area (Å²) in [6.07, 6.45) is -4.79. The molecule has 0 unspecified atom stereocenters. The van der Waals surface area contributed by atoms with Gasteiger partial charge in [-0.05, 0) is 112 Å². The van der Waals surface area contributed by atoms with E-state index in [1.165, 1.54) is 14.0 Å². The number of carbonyl (C=O) groups excluding carboxylic acids is 1. The van der Waals surface area contributed by atoms with E-state index in [1.54, 1.807) is 52.4 Å². The number of hydrogen-bond donors (Lipinski definition) is 5. The lowest BCUT2D eigenvalue weighted by Gasteiger charge is -2.49. The fourth-order valence-corrected chi connectivity index (χ4v) is 11.1. The minimum absolute atomic E-state index is 0.104. The van der Waals surface area contributed by atoms with Gasteiger partial charge in [0.15, 0.2) is 12.6 Å². The Morgan fingerprint density at radius 2 is 1.70 bits per heavy atom. The predicted octanol–water partition coefficient (Wildman–Crippen LogP) is 3.73. The third-order valence-electron chi connectivity index (χ3n) is 15.6. The summed E-state index contributed by atoms with van der Waals surface area (Å²) in [5.74, 6) is -2.02. The molecule has 18 atom stereocenters. The highest BCUT2D eigenvalue weighted by Gasteiger charge is 2.53. The van der Waals surface area contributed by atoms with Gasteiger partial charge in [0.1, 0.15) is 42.4 Å². The highest BCUT2D eigenvalue weighted by Crippen LogP contribution is 2.40. The molecule has 0 bridgehead atoms. The Morgan fingerprint density at radius 3 is 2.41 bits per heavy atom. The van der Waals surface area contributed by atoms with Gasteiger partial charge in [0, 0.05) is 68.8 Å². The second-order valence-electron chi connectivity index (χ2n) is 21.6. The van der Waals surface area contributed by atoms with Crippen LogP contribution < -0.4 is 4.74 Å². The number of fused-ring (bicyclic) bond motifs is 1. The van der Waals surface area contributed by atoms with Gasteiger partial charge in [-0.15, -0.1) is 5.10 Å². The van der Waals surface area contributed by atoms with Crippen LogP contribution in [0.15, 0.2) is 42.7 Å². The fourth-order valence-electron chi connectivity index (χ4n) is 11.1. The number of aromatic nitrogens is 4. The Kier molecular flexibility index (Phi) is 19.1. The summed E-state index contributed by atoms with van der Waals surface area (Å²) in [5.41, 5.74) is -2.84. The summed E-state index contributed by atoms with van der Waals surface area (Å²) in [7, 11) is 5.29. The number of esters is 1. The number of cyclic esters (lactones) is 1. The van der Waals surface area contributed by atoms with Gasteiger partial charge in [0.05, 0.1) is 59.3 Å². The lowest BCUT2D eigenvalue weighted by atomic mass is 9.77. The number of methoxy groups -OCH3 is 1. The minimum atomic E-state index is -1.83. The number of ether oxygens (including phenoxy) is 7. The molecular formula is C52H84N6O13. The molecule has 3 aliphatic heterocycles. The Hall–Kier alpha value is -3.44. The highest BCUT2D eigenvalue weighted by molar-refractivity contribution is 5.79. The normalized spacial score (nSPS) is 39.5. The molecule has 0 saturated carbocycles. The zero-order valence-electron chi connectivity index (χ0n) is 44.3. The average molecular weight is 1000 g/mol. The fraction of sp³-hybridized carbons (Fsp3) is 0.769. The monoisotopic (exact) mass is 1000 g/mol. The first-order valence-corrected chi connectivity index (χ1v) is 25.5. The van der Waals surface area contributed by atoms with Crippen LogP contribution in [0, 0.1) is 17.8 Å². The molecule has 3 aliphatic rings. The maximum atomic E-state index is 14.5. The van der Waals surface area contributed by atoms with Crippen molar-refractivity contribution in [2.24, 2.45) is 17.8 Å². The summed E-state index contributed by atoms with van der Waals surface area (Å²) < 4.78 is 46.1. The number of nitrogens with zero attached hydrogens (tertiary/aromatic N) is 6. The molecule has 3 aromatic rings. The molecule has 19 heteroatoms. The van der Waals surface area contributed by atoms with E-state index in [0.717, 1.165) is 22.3 Å². The van der Waals surface area contributed by atoms with Gasteiger partial charge >= 0.3 is 5.97 Å². The van der Waals surface area contributed by atoms with Crippen molar-refractivity contribution >= 4 is 16.9 Å². The van der Waals surface area contributed by atoms with Crippen LogP contribution >= 0.6 is 0 Å². The van der Waals surface area contributed by atoms with Crippen molar-refractivity contribution in [3.63, 3.8) is 0 Å². The van der Waals surface area contributed by atoms with Crippen molar-refractivity contribution in [3.8, 4) is 5.75 Å². The van der Waals surface area contributed by atoms with Crippen LogP contribution in [0.25, 0.3) is 10.9 Å². The number of aliphatic hydroxyl groups is 5. The summed E-state index contributed by atoms with van der Waals surface area (Å²) >= 11 is 0. The summed E-state index contributed by atoms with van der Waals surface area (Å²) in [5, 5.41) is 69.4. The molecule has 6 rings (SSSR count). The second kappa shape index (κ2) is 23.8. The first kappa shape index (κ1) is 56.8. The topological polar surface area (TPSA) is 233 Å². The van der Waals surface area contributed by atoms with Gasteiger partial charge in [-0.25, -0.2) is 4.68 Å². The van der Waals surface area contributed by atoms with Crippen LogP contribution in [0.1, 0.15) is 101 Å². The van der Waals surface area contributed by atoms with Gasteiger partial charge in [-0.3, -0.25) is 9.78 Å². The predicted molar refractivity (Wildman–Crippen MR) is 264 cm³/mol. The largest absolute Gasteiger partial charge is 0.492 e. The summed E-state index contributed by atoms with van der Waals surface area (Å²) in [6.45, 7) is 19.4. The third kappa shape index (κ3) is 13.5. The van der Waals surface area contributed by atoms with Crippen molar-refractivity contribution in [3.05, 3.63) is 48.4 Å². The van der Waals surface area contributed by atoms with Gasteiger partial charge in [-0.2, -0.15) is 0 Å². The van der Waals surface area contributed by atoms with Crippen molar-refractivity contribution < 1.29 is 63.5 Å². The van der Waals surface area contributed by atoms with E-state index in [-0.39, 0.29) is 31.3 Å². The lowest BCUT2D eigenvalue weighted by Crippen LogP contribution is -2.61. The highest BCUT2D eigenvalue weighted by atomic mass is 16.7. The van der Waals surface area contributed by atoms with E-state index in [9.17, 15) is 30.3 Å². The maximum Gasteiger partial charge on any atom is 0.311 e. The smallest absolute Gasteiger partial charge is 0.311 e. The van der Waals surface area contributed by atoms with E-state index in [4.69, 9.17) is 33.2 Å². The van der Waals surface area contributed by atoms with Crippen molar-refractivity contribution in [1.82, 2.24) is 29.8 Å². The Balaban J connectivity index is 1.23. The number of likely N-dealkylation sites (N-methyl/N-ethyl adjacent to an activating group) is 2. The van der Waals surface area contributed by atoms with Crippen LogP contribution in [-0.4, -0.2) is 192 Å². The number of aliphatic hydroxyl groups excluding tert-OH is 3. The van der Waals surface area contributed by atoms with Crippen molar-refractivity contribution in [1.29, 1.82) is 0 Å². The lowest BCUT2D eigenvalue weighted by molar-refractivity contribution is -0.318. The van der Waals surface area contributed by atoms with Crippen LogP contribution in [-0.2, 0) is 46.2 Å². The summed E-state index contributed by atoms with van der Waals surface area (Å²) in [6, 6.07) is 8.70. The van der Waals surface area contributed by atoms with Gasteiger partial charge in [-0.1, -0.05) is 32.1 Å². The third-order valence-corrected chi connectivity index (χ3v) is 15.6. The molecule has 0 aliphatic carbocycles. The van der Waals surface area contributed by atoms with E-state index >= 15 is 0 Å². The molecule has 0 spiro atoms. The van der Waals surface area contributed by atoms with Gasteiger partial charge in [0.2, 0.25) is 0 Å². The van der Waals surface area contributed by atoms with Gasteiger partial charge < -0.3 is 68.5 Å². The molecular weight excluding hydrogens is 917 g/mol. The zero-order chi connectivity index (χ0) is 52.2. The molecule has 3 fully saturated rings. The molecule has 0 radical (unpaired) electrons. The van der Waals surface area contributed by atoms with E-state index < -0.39 is 102 Å². The molecule has 5 N–H and O–H groups in total. The SMILES string of the molecule is CC[C@H]1OC(=O)[C@H](C)[C@@H](O[C@H]2C[C@@](C)(OC)[C@@H](O)[C@H](C)O2)[C@H](C)[C@@H](O[C@@H]2O[C@H](C)C[C@H](N(C)CCc3cn(CCOc4ccc5ncccc5c4)nn3)[C@H]2O)[C@](C)(O)C[C@@H](C)CN(C)[C@H](C)[C@@H](O)[C@]1(C)O. The molecule has 19 nitrogen and oxygen atoms in total. The average Bonchev–Trinajstić information content (AvgIpc) is 3.79. The quantitative estimate of drug-likeness (QED) is 0.145. The minimum Gasteiger partial charge on any atom is -0.492 e. The van der Waals surface area contributed by atoms with Crippen LogP contribution in [0.3, 0.4) is 0 Å². The van der Waals surface area contributed by atoms with Crippen LogP contribution in [0.5, 0.6) is 5.75 Å². The number of hydrogen-bond acceptors (Lipinski definition) is 18. The molecule has 400 valence electrons. The van der Waals surface area contributed by atoms with Gasteiger partial charge in [0.25, 0.3) is 0 Å². The second-order valence-corrected chi connectivity index (χ2v) is 21.6. The molecule has 71 heavy (non-hydrogen) atoms. The number of pyridine rings is 1. The van der Waals surface area contributed by atoms with E-state index in [1.807, 2.05) is 76.3 Å².